The fourth-order valence-electron chi connectivity index (χ4n) is 1.89. The molecule has 0 unspecified atom stereocenters. The molecule has 4 heteroatoms. The molecule has 0 saturated heterocycles. The van der Waals surface area contributed by atoms with Gasteiger partial charge in [0.1, 0.15) is 5.75 Å². The van der Waals surface area contributed by atoms with Crippen LogP contribution >= 0.6 is 11.6 Å². The van der Waals surface area contributed by atoms with Crippen LogP contribution < -0.4 is 10.5 Å². The van der Waals surface area contributed by atoms with Gasteiger partial charge in [0, 0.05) is 16.3 Å². The number of carbonyl (C=O) groups is 1. The Bertz CT molecular complexity index is 605. The summed E-state index contributed by atoms with van der Waals surface area (Å²) in [4.78, 5) is 12.5. The number of carbonyl (C=O) groups excluding carboxylic acids is 1. The summed E-state index contributed by atoms with van der Waals surface area (Å²) in [6.45, 7) is 2.59. The molecular weight excluding hydrogens is 274 g/mol. The Hall–Kier alpha value is -2.00. The maximum atomic E-state index is 12.5. The third-order valence-corrected chi connectivity index (χ3v) is 2.99. The van der Waals surface area contributed by atoms with Gasteiger partial charge < -0.3 is 10.5 Å². The number of ketones is 1. The van der Waals surface area contributed by atoms with E-state index in [1.54, 1.807) is 36.4 Å². The Morgan fingerprint density at radius 3 is 2.70 bits per heavy atom. The van der Waals surface area contributed by atoms with Gasteiger partial charge in [-0.1, -0.05) is 30.7 Å². The molecule has 0 aliphatic rings. The first kappa shape index (κ1) is 14.4. The zero-order valence-corrected chi connectivity index (χ0v) is 12.0. The number of anilines is 1. The number of para-hydroxylation sites is 1. The predicted octanol–water partition coefficient (Wildman–Crippen LogP) is 3.94. The molecule has 0 fully saturated rings. The van der Waals surface area contributed by atoms with Crippen LogP contribution in [0.4, 0.5) is 5.69 Å². The zero-order chi connectivity index (χ0) is 14.5. The Morgan fingerprint density at radius 2 is 2.00 bits per heavy atom. The molecule has 2 N–H and O–H groups in total. The van der Waals surface area contributed by atoms with Crippen molar-refractivity contribution in [1.29, 1.82) is 0 Å². The Labute approximate surface area is 123 Å². The number of halogens is 1. The van der Waals surface area contributed by atoms with Gasteiger partial charge in [-0.25, -0.2) is 0 Å². The van der Waals surface area contributed by atoms with Crippen LogP contribution in [-0.4, -0.2) is 12.4 Å². The summed E-state index contributed by atoms with van der Waals surface area (Å²) in [7, 11) is 0. The van der Waals surface area contributed by atoms with Gasteiger partial charge in [-0.2, -0.15) is 0 Å². The molecule has 0 saturated carbocycles. The van der Waals surface area contributed by atoms with Crippen molar-refractivity contribution in [2.75, 3.05) is 12.3 Å². The highest BCUT2D eigenvalue weighted by Gasteiger charge is 2.15. The van der Waals surface area contributed by atoms with Crippen LogP contribution in [0.25, 0.3) is 0 Å². The number of rotatable bonds is 5. The van der Waals surface area contributed by atoms with Gasteiger partial charge in [0.2, 0.25) is 0 Å². The van der Waals surface area contributed by atoms with Gasteiger partial charge in [0.15, 0.2) is 5.78 Å². The molecule has 2 rings (SSSR count). The van der Waals surface area contributed by atoms with Gasteiger partial charge in [-0.05, 0) is 36.8 Å². The van der Waals surface area contributed by atoms with Gasteiger partial charge in [0.25, 0.3) is 0 Å². The van der Waals surface area contributed by atoms with E-state index < -0.39 is 0 Å². The molecule has 0 amide bonds. The van der Waals surface area contributed by atoms with Crippen LogP contribution in [0.15, 0.2) is 42.5 Å². The fourth-order valence-corrected chi connectivity index (χ4v) is 2.13. The number of nitrogens with two attached hydrogens (primary N) is 1. The molecule has 2 aromatic carbocycles. The summed E-state index contributed by atoms with van der Waals surface area (Å²) in [5, 5.41) is 0.445. The van der Waals surface area contributed by atoms with Crippen molar-refractivity contribution in [2.45, 2.75) is 13.3 Å². The molecular formula is C16H16ClNO2. The monoisotopic (exact) mass is 289 g/mol. The number of nitrogen functional groups attached to an aromatic ring is 1. The Morgan fingerprint density at radius 1 is 1.25 bits per heavy atom. The van der Waals surface area contributed by atoms with E-state index in [1.807, 2.05) is 13.0 Å². The molecule has 0 radical (unpaired) electrons. The molecule has 104 valence electrons. The summed E-state index contributed by atoms with van der Waals surface area (Å²) in [6, 6.07) is 12.0. The topological polar surface area (TPSA) is 52.3 Å². The summed E-state index contributed by atoms with van der Waals surface area (Å²) < 4.78 is 5.60. The van der Waals surface area contributed by atoms with Gasteiger partial charge >= 0.3 is 0 Å². The second-order valence-electron chi connectivity index (χ2n) is 4.45. The van der Waals surface area contributed by atoms with E-state index in [-0.39, 0.29) is 5.78 Å². The normalized spacial score (nSPS) is 10.3. The fraction of sp³-hybridized carbons (Fsp3) is 0.188. The van der Waals surface area contributed by atoms with Crippen LogP contribution in [0.1, 0.15) is 29.3 Å². The first-order valence-corrected chi connectivity index (χ1v) is 6.82. The summed E-state index contributed by atoms with van der Waals surface area (Å²) in [5.41, 5.74) is 7.17. The first-order valence-electron chi connectivity index (χ1n) is 6.44. The number of hydrogen-bond acceptors (Lipinski definition) is 3. The van der Waals surface area contributed by atoms with E-state index in [1.165, 1.54) is 0 Å². The SMILES string of the molecule is CCCOc1ccccc1C(=O)c1cc(N)cc(Cl)c1. The van der Waals surface area contributed by atoms with Gasteiger partial charge in [-0.3, -0.25) is 4.79 Å². The smallest absolute Gasteiger partial charge is 0.196 e. The van der Waals surface area contributed by atoms with Crippen molar-refractivity contribution in [3.63, 3.8) is 0 Å². The first-order chi connectivity index (χ1) is 9.61. The molecule has 0 aromatic heterocycles. The van der Waals surface area contributed by atoms with Crippen molar-refractivity contribution >= 4 is 23.1 Å². The second-order valence-corrected chi connectivity index (χ2v) is 4.88. The molecule has 0 bridgehead atoms. The second kappa shape index (κ2) is 6.44. The zero-order valence-electron chi connectivity index (χ0n) is 11.2. The lowest BCUT2D eigenvalue weighted by atomic mass is 10.0. The molecule has 0 aliphatic carbocycles. The quantitative estimate of drug-likeness (QED) is 0.670. The van der Waals surface area contributed by atoms with Crippen molar-refractivity contribution in [1.82, 2.24) is 0 Å². The molecule has 0 atom stereocenters. The van der Waals surface area contributed by atoms with Crippen molar-refractivity contribution in [3.8, 4) is 5.75 Å². The predicted molar refractivity (Wildman–Crippen MR) is 81.5 cm³/mol. The van der Waals surface area contributed by atoms with Gasteiger partial charge in [-0.15, -0.1) is 0 Å². The molecule has 0 aliphatic heterocycles. The average Bonchev–Trinajstić information content (AvgIpc) is 2.43. The lowest BCUT2D eigenvalue weighted by Gasteiger charge is -2.10. The third-order valence-electron chi connectivity index (χ3n) is 2.78. The number of ether oxygens (including phenoxy) is 1. The van der Waals surface area contributed by atoms with Crippen molar-refractivity contribution in [2.24, 2.45) is 0 Å². The highest BCUT2D eigenvalue weighted by Crippen LogP contribution is 2.24. The van der Waals surface area contributed by atoms with E-state index in [9.17, 15) is 4.79 Å². The molecule has 20 heavy (non-hydrogen) atoms. The summed E-state index contributed by atoms with van der Waals surface area (Å²) in [6.07, 6.45) is 0.882. The highest BCUT2D eigenvalue weighted by atomic mass is 35.5. The van der Waals surface area contributed by atoms with E-state index in [0.717, 1.165) is 6.42 Å². The van der Waals surface area contributed by atoms with Crippen LogP contribution in [0.5, 0.6) is 5.75 Å². The minimum atomic E-state index is -0.147. The maximum absolute atomic E-state index is 12.5. The van der Waals surface area contributed by atoms with Crippen LogP contribution in [0, 0.1) is 0 Å². The van der Waals surface area contributed by atoms with E-state index in [2.05, 4.69) is 0 Å². The van der Waals surface area contributed by atoms with Crippen LogP contribution in [0.3, 0.4) is 0 Å². The summed E-state index contributed by atoms with van der Waals surface area (Å²) >= 11 is 5.94. The lowest BCUT2D eigenvalue weighted by Crippen LogP contribution is -2.06. The summed E-state index contributed by atoms with van der Waals surface area (Å²) in [5.74, 6) is 0.434. The largest absolute Gasteiger partial charge is 0.493 e. The molecule has 2 aromatic rings. The minimum Gasteiger partial charge on any atom is -0.493 e. The number of benzene rings is 2. The van der Waals surface area contributed by atoms with E-state index in [4.69, 9.17) is 22.1 Å². The lowest BCUT2D eigenvalue weighted by molar-refractivity contribution is 0.103. The maximum Gasteiger partial charge on any atom is 0.196 e. The third kappa shape index (κ3) is 3.31. The minimum absolute atomic E-state index is 0.147. The molecule has 3 nitrogen and oxygen atoms in total. The van der Waals surface area contributed by atoms with Gasteiger partial charge in [0.05, 0.1) is 12.2 Å². The Balaban J connectivity index is 2.37. The average molecular weight is 290 g/mol. The van der Waals surface area contributed by atoms with Crippen LogP contribution in [0.2, 0.25) is 5.02 Å². The van der Waals surface area contributed by atoms with E-state index >= 15 is 0 Å². The standard InChI is InChI=1S/C16H16ClNO2/c1-2-7-20-15-6-4-3-5-14(15)16(19)11-8-12(17)10-13(18)9-11/h3-6,8-10H,2,7,18H2,1H3. The van der Waals surface area contributed by atoms with E-state index in [0.29, 0.717) is 34.2 Å². The van der Waals surface area contributed by atoms with Crippen LogP contribution in [-0.2, 0) is 0 Å². The highest BCUT2D eigenvalue weighted by molar-refractivity contribution is 6.31. The Kier molecular flexibility index (Phi) is 4.64. The number of hydrogen-bond donors (Lipinski definition) is 1. The molecule has 0 spiro atoms. The van der Waals surface area contributed by atoms with Crippen molar-refractivity contribution in [3.05, 3.63) is 58.6 Å². The van der Waals surface area contributed by atoms with Crippen molar-refractivity contribution < 1.29 is 9.53 Å². The molecule has 0 heterocycles.